The van der Waals surface area contributed by atoms with E-state index in [-0.39, 0.29) is 19.1 Å². The molecule has 1 N–H and O–H groups in total. The third-order valence-electron chi connectivity index (χ3n) is 2.73. The Morgan fingerprint density at radius 2 is 2.33 bits per heavy atom. The van der Waals surface area contributed by atoms with E-state index in [2.05, 4.69) is 5.32 Å². The van der Waals surface area contributed by atoms with Crippen LogP contribution >= 0.6 is 0 Å². The van der Waals surface area contributed by atoms with Gasteiger partial charge in [-0.3, -0.25) is 9.69 Å². The molecule has 0 radical (unpaired) electrons. The van der Waals surface area contributed by atoms with Gasteiger partial charge in [-0.1, -0.05) is 0 Å². The Morgan fingerprint density at radius 1 is 1.53 bits per heavy atom. The summed E-state index contributed by atoms with van der Waals surface area (Å²) in [5.74, 6) is -2.99. The van der Waals surface area contributed by atoms with Crippen molar-refractivity contribution in [2.45, 2.75) is 18.4 Å². The van der Waals surface area contributed by atoms with E-state index in [1.165, 1.54) is 4.90 Å². The minimum Gasteiger partial charge on any atom is -0.374 e. The quantitative estimate of drug-likeness (QED) is 0.667. The lowest BCUT2D eigenvalue weighted by Gasteiger charge is -2.26. The van der Waals surface area contributed by atoms with Crippen molar-refractivity contribution in [1.82, 2.24) is 10.2 Å². The second-order valence-electron chi connectivity index (χ2n) is 3.97. The van der Waals surface area contributed by atoms with E-state index < -0.39 is 18.6 Å². The number of amides is 1. The number of nitrogens with zero attached hydrogens (tertiary/aromatic N) is 1. The van der Waals surface area contributed by atoms with Gasteiger partial charge in [0.15, 0.2) is 0 Å². The zero-order chi connectivity index (χ0) is 10.9. The number of carbonyl (C=O) groups excluding carboxylic acids is 1. The van der Waals surface area contributed by atoms with Crippen LogP contribution in [0, 0.1) is 0 Å². The number of hydrogen-bond donors (Lipinski definition) is 1. The van der Waals surface area contributed by atoms with Gasteiger partial charge in [0.25, 0.3) is 5.92 Å². The van der Waals surface area contributed by atoms with E-state index >= 15 is 0 Å². The largest absolute Gasteiger partial charge is 0.374 e. The Hall–Kier alpha value is -0.750. The first-order valence-corrected chi connectivity index (χ1v) is 5.06. The monoisotopic (exact) mass is 220 g/mol. The summed E-state index contributed by atoms with van der Waals surface area (Å²) >= 11 is 0. The molecule has 2 saturated heterocycles. The van der Waals surface area contributed by atoms with E-state index in [9.17, 15) is 13.6 Å². The third kappa shape index (κ3) is 2.43. The smallest absolute Gasteiger partial charge is 0.283 e. The third-order valence-corrected chi connectivity index (χ3v) is 2.73. The van der Waals surface area contributed by atoms with Crippen molar-refractivity contribution in [2.75, 3.05) is 32.8 Å². The fraction of sp³-hybridized carbons (Fsp3) is 0.889. The van der Waals surface area contributed by atoms with Gasteiger partial charge in [0.05, 0.1) is 19.2 Å². The Balaban J connectivity index is 2.04. The van der Waals surface area contributed by atoms with Crippen LogP contribution in [0.3, 0.4) is 0 Å². The molecule has 0 aromatic heterocycles. The van der Waals surface area contributed by atoms with Crippen molar-refractivity contribution in [1.29, 1.82) is 0 Å². The van der Waals surface area contributed by atoms with E-state index in [4.69, 9.17) is 4.74 Å². The Bertz CT molecular complexity index is 260. The predicted octanol–water partition coefficient (Wildman–Crippen LogP) is -0.158. The maximum atomic E-state index is 13.2. The molecule has 0 aromatic carbocycles. The molecule has 2 fully saturated rings. The summed E-state index contributed by atoms with van der Waals surface area (Å²) in [4.78, 5) is 12.9. The summed E-state index contributed by atoms with van der Waals surface area (Å²) in [5.41, 5.74) is 0. The lowest BCUT2D eigenvalue weighted by atomic mass is 10.2. The van der Waals surface area contributed by atoms with Crippen LogP contribution in [0.2, 0.25) is 0 Å². The number of rotatable bonds is 1. The summed E-state index contributed by atoms with van der Waals surface area (Å²) < 4.78 is 31.2. The van der Waals surface area contributed by atoms with E-state index in [1.807, 2.05) is 0 Å². The van der Waals surface area contributed by atoms with Crippen LogP contribution in [0.25, 0.3) is 0 Å². The Labute approximate surface area is 86.6 Å². The second-order valence-corrected chi connectivity index (χ2v) is 3.97. The number of ether oxygens (including phenoxy) is 1. The van der Waals surface area contributed by atoms with E-state index in [0.29, 0.717) is 19.5 Å². The van der Waals surface area contributed by atoms with Gasteiger partial charge < -0.3 is 10.1 Å². The first-order chi connectivity index (χ1) is 7.08. The lowest BCUT2D eigenvalue weighted by molar-refractivity contribution is -0.125. The Kier molecular flexibility index (Phi) is 2.88. The molecule has 1 unspecified atom stereocenters. The molecule has 0 bridgehead atoms. The van der Waals surface area contributed by atoms with Crippen LogP contribution in [0.4, 0.5) is 8.78 Å². The van der Waals surface area contributed by atoms with Crippen LogP contribution in [-0.4, -0.2) is 55.6 Å². The van der Waals surface area contributed by atoms with Crippen LogP contribution < -0.4 is 5.32 Å². The van der Waals surface area contributed by atoms with Crippen molar-refractivity contribution >= 4 is 5.91 Å². The topological polar surface area (TPSA) is 41.6 Å². The van der Waals surface area contributed by atoms with Gasteiger partial charge in [-0.25, -0.2) is 8.78 Å². The number of alkyl halides is 2. The summed E-state index contributed by atoms with van der Waals surface area (Å²) in [6.07, 6.45) is 0.606. The molecule has 1 atom stereocenters. The Morgan fingerprint density at radius 3 is 3.00 bits per heavy atom. The van der Waals surface area contributed by atoms with Gasteiger partial charge in [0.2, 0.25) is 5.91 Å². The minimum atomic E-state index is -2.85. The van der Waals surface area contributed by atoms with Crippen molar-refractivity contribution < 1.29 is 18.3 Å². The molecule has 0 aromatic rings. The molecule has 2 heterocycles. The van der Waals surface area contributed by atoms with Gasteiger partial charge in [-0.05, 0) is 6.42 Å². The van der Waals surface area contributed by atoms with Gasteiger partial charge in [0.1, 0.15) is 6.61 Å². The SMILES string of the molecule is O=C1NCCC1N1CCOCC(F)(F)C1. The van der Waals surface area contributed by atoms with Crippen LogP contribution in [-0.2, 0) is 9.53 Å². The van der Waals surface area contributed by atoms with Crippen molar-refractivity contribution in [3.8, 4) is 0 Å². The summed E-state index contributed by atoms with van der Waals surface area (Å²) in [6, 6.07) is -0.405. The number of nitrogens with one attached hydrogen (secondary N) is 1. The fourth-order valence-corrected chi connectivity index (χ4v) is 2.02. The average Bonchev–Trinajstić information content (AvgIpc) is 2.48. The summed E-state index contributed by atoms with van der Waals surface area (Å²) in [7, 11) is 0. The molecule has 6 heteroatoms. The highest BCUT2D eigenvalue weighted by Gasteiger charge is 2.40. The molecule has 0 aliphatic carbocycles. The van der Waals surface area contributed by atoms with Gasteiger partial charge in [-0.2, -0.15) is 0 Å². The highest BCUT2D eigenvalue weighted by molar-refractivity contribution is 5.83. The van der Waals surface area contributed by atoms with Crippen molar-refractivity contribution in [2.24, 2.45) is 0 Å². The summed E-state index contributed by atoms with van der Waals surface area (Å²) in [5, 5.41) is 2.65. The molecule has 1 amide bonds. The standard InChI is InChI=1S/C9H14F2N2O2/c10-9(11)5-13(3-4-15-6-9)7-1-2-12-8(7)14/h7H,1-6H2,(H,12,14). The number of halogens is 2. The molecular formula is C9H14F2N2O2. The normalized spacial score (nSPS) is 32.4. The molecule has 4 nitrogen and oxygen atoms in total. The van der Waals surface area contributed by atoms with Crippen molar-refractivity contribution in [3.63, 3.8) is 0 Å². The maximum Gasteiger partial charge on any atom is 0.283 e. The number of carbonyl (C=O) groups is 1. The van der Waals surface area contributed by atoms with Crippen LogP contribution in [0.1, 0.15) is 6.42 Å². The molecule has 15 heavy (non-hydrogen) atoms. The highest BCUT2D eigenvalue weighted by Crippen LogP contribution is 2.22. The lowest BCUT2D eigenvalue weighted by Crippen LogP contribution is -2.46. The second kappa shape index (κ2) is 4.02. The molecule has 2 rings (SSSR count). The first-order valence-electron chi connectivity index (χ1n) is 5.06. The molecule has 2 aliphatic heterocycles. The van der Waals surface area contributed by atoms with Crippen molar-refractivity contribution in [3.05, 3.63) is 0 Å². The molecule has 86 valence electrons. The molecule has 0 saturated carbocycles. The maximum absolute atomic E-state index is 13.2. The highest BCUT2D eigenvalue weighted by atomic mass is 19.3. The molecular weight excluding hydrogens is 206 g/mol. The zero-order valence-corrected chi connectivity index (χ0v) is 8.34. The van der Waals surface area contributed by atoms with Crippen LogP contribution in [0.5, 0.6) is 0 Å². The van der Waals surface area contributed by atoms with Crippen LogP contribution in [0.15, 0.2) is 0 Å². The minimum absolute atomic E-state index is 0.146. The zero-order valence-electron chi connectivity index (χ0n) is 8.34. The van der Waals surface area contributed by atoms with Gasteiger partial charge >= 0.3 is 0 Å². The average molecular weight is 220 g/mol. The first kappa shape index (κ1) is 10.8. The van der Waals surface area contributed by atoms with E-state index in [1.54, 1.807) is 0 Å². The van der Waals surface area contributed by atoms with Gasteiger partial charge in [-0.15, -0.1) is 0 Å². The van der Waals surface area contributed by atoms with E-state index in [0.717, 1.165) is 0 Å². The predicted molar refractivity (Wildman–Crippen MR) is 48.8 cm³/mol. The summed E-state index contributed by atoms with van der Waals surface area (Å²) in [6.45, 7) is 0.308. The van der Waals surface area contributed by atoms with Gasteiger partial charge in [0, 0.05) is 13.1 Å². The molecule has 0 spiro atoms. The fourth-order valence-electron chi connectivity index (χ4n) is 2.02. The molecule has 2 aliphatic rings. The number of hydrogen-bond acceptors (Lipinski definition) is 3.